The van der Waals surface area contributed by atoms with Crippen molar-refractivity contribution in [2.45, 2.75) is 10.9 Å². The standard InChI is InChI=1S/C25H16FN5OS2/c26-19-11-5-4-10-18(19)23-28-29-25(30(23)17-8-2-1-3-9-17)33-15-16-14-22(32)31-20-12-6-7-13-21(20)34-24(31)27-16/h1-14H,15H2. The van der Waals surface area contributed by atoms with Crippen molar-refractivity contribution < 1.29 is 4.39 Å². The lowest BCUT2D eigenvalue weighted by Gasteiger charge is -2.10. The van der Waals surface area contributed by atoms with E-state index in [2.05, 4.69) is 10.2 Å². The fourth-order valence-corrected chi connectivity index (χ4v) is 5.72. The number of benzene rings is 3. The van der Waals surface area contributed by atoms with Crippen molar-refractivity contribution >= 4 is 38.3 Å². The number of nitrogens with zero attached hydrogens (tertiary/aromatic N) is 5. The van der Waals surface area contributed by atoms with Crippen LogP contribution in [0.1, 0.15) is 5.69 Å². The second-order valence-electron chi connectivity index (χ2n) is 7.52. The summed E-state index contributed by atoms with van der Waals surface area (Å²) in [5.41, 5.74) is 2.58. The van der Waals surface area contributed by atoms with E-state index in [1.165, 1.54) is 29.2 Å². The van der Waals surface area contributed by atoms with E-state index in [4.69, 9.17) is 4.98 Å². The van der Waals surface area contributed by atoms with Gasteiger partial charge in [-0.15, -0.1) is 10.2 Å². The maximum atomic E-state index is 14.6. The number of rotatable bonds is 5. The zero-order chi connectivity index (χ0) is 23.1. The lowest BCUT2D eigenvalue weighted by molar-refractivity contribution is 0.629. The highest BCUT2D eigenvalue weighted by Crippen LogP contribution is 2.31. The normalized spacial score (nSPS) is 11.4. The maximum Gasteiger partial charge on any atom is 0.259 e. The van der Waals surface area contributed by atoms with Crippen LogP contribution in [0.4, 0.5) is 4.39 Å². The van der Waals surface area contributed by atoms with Gasteiger partial charge in [-0.2, -0.15) is 0 Å². The Morgan fingerprint density at radius 2 is 1.68 bits per heavy atom. The molecule has 0 saturated heterocycles. The van der Waals surface area contributed by atoms with Crippen molar-refractivity contribution in [3.05, 3.63) is 107 Å². The van der Waals surface area contributed by atoms with Crippen LogP contribution in [0.5, 0.6) is 0 Å². The molecule has 3 aromatic carbocycles. The van der Waals surface area contributed by atoms with Gasteiger partial charge < -0.3 is 0 Å². The lowest BCUT2D eigenvalue weighted by atomic mass is 10.2. The molecule has 0 unspecified atom stereocenters. The van der Waals surface area contributed by atoms with Gasteiger partial charge in [-0.1, -0.05) is 65.6 Å². The number of para-hydroxylation sites is 2. The van der Waals surface area contributed by atoms with Gasteiger partial charge in [0.2, 0.25) is 0 Å². The summed E-state index contributed by atoms with van der Waals surface area (Å²) >= 11 is 2.88. The van der Waals surface area contributed by atoms with Crippen LogP contribution in [0.15, 0.2) is 94.9 Å². The first-order valence-electron chi connectivity index (χ1n) is 10.5. The van der Waals surface area contributed by atoms with Crippen molar-refractivity contribution in [2.24, 2.45) is 0 Å². The van der Waals surface area contributed by atoms with E-state index in [9.17, 15) is 9.18 Å². The van der Waals surface area contributed by atoms with Crippen LogP contribution >= 0.6 is 23.1 Å². The topological polar surface area (TPSA) is 65.1 Å². The van der Waals surface area contributed by atoms with Crippen molar-refractivity contribution in [3.8, 4) is 17.1 Å². The van der Waals surface area contributed by atoms with E-state index < -0.39 is 0 Å². The Morgan fingerprint density at radius 3 is 2.53 bits per heavy atom. The van der Waals surface area contributed by atoms with Crippen LogP contribution in [0.25, 0.3) is 32.3 Å². The summed E-state index contributed by atoms with van der Waals surface area (Å²) in [7, 11) is 0. The minimum atomic E-state index is -0.367. The third kappa shape index (κ3) is 3.59. The van der Waals surface area contributed by atoms with Gasteiger partial charge in [0.1, 0.15) is 5.82 Å². The molecule has 0 spiro atoms. The van der Waals surface area contributed by atoms with E-state index in [-0.39, 0.29) is 11.4 Å². The fourth-order valence-electron chi connectivity index (χ4n) is 3.83. The maximum absolute atomic E-state index is 14.6. The summed E-state index contributed by atoms with van der Waals surface area (Å²) in [5, 5.41) is 9.23. The second-order valence-corrected chi connectivity index (χ2v) is 9.47. The molecule has 166 valence electrons. The summed E-state index contributed by atoms with van der Waals surface area (Å²) in [5.74, 6) is 0.468. The number of thiazole rings is 1. The molecule has 0 N–H and O–H groups in total. The molecule has 0 atom stereocenters. The molecule has 0 bridgehead atoms. The first kappa shape index (κ1) is 20.8. The monoisotopic (exact) mass is 485 g/mol. The van der Waals surface area contributed by atoms with Crippen LogP contribution in [0, 0.1) is 5.82 Å². The third-order valence-corrected chi connectivity index (χ3v) is 7.34. The summed E-state index contributed by atoms with van der Waals surface area (Å²) in [4.78, 5) is 18.2. The Balaban J connectivity index is 1.39. The molecule has 3 aromatic heterocycles. The number of hydrogen-bond donors (Lipinski definition) is 0. The molecule has 6 aromatic rings. The molecule has 0 aliphatic rings. The Bertz CT molecular complexity index is 1710. The number of fused-ring (bicyclic) bond motifs is 3. The smallest absolute Gasteiger partial charge is 0.259 e. The van der Waals surface area contributed by atoms with Crippen LogP contribution in [0.2, 0.25) is 0 Å². The molecule has 34 heavy (non-hydrogen) atoms. The van der Waals surface area contributed by atoms with E-state index in [0.717, 1.165) is 15.9 Å². The van der Waals surface area contributed by atoms with Crippen LogP contribution in [0.3, 0.4) is 0 Å². The van der Waals surface area contributed by atoms with Crippen molar-refractivity contribution in [1.82, 2.24) is 24.1 Å². The first-order chi connectivity index (χ1) is 16.7. The Hall–Kier alpha value is -3.82. The third-order valence-electron chi connectivity index (χ3n) is 5.36. The molecule has 6 nitrogen and oxygen atoms in total. The predicted molar refractivity (Wildman–Crippen MR) is 133 cm³/mol. The molecule has 0 aliphatic heterocycles. The van der Waals surface area contributed by atoms with Gasteiger partial charge in [-0.25, -0.2) is 9.37 Å². The molecule has 0 saturated carbocycles. The molecule has 0 radical (unpaired) electrons. The average Bonchev–Trinajstić information content (AvgIpc) is 3.45. The molecule has 9 heteroatoms. The second kappa shape index (κ2) is 8.51. The van der Waals surface area contributed by atoms with Crippen LogP contribution < -0.4 is 5.56 Å². The zero-order valence-corrected chi connectivity index (χ0v) is 19.3. The summed E-state index contributed by atoms with van der Waals surface area (Å²) in [6, 6.07) is 25.4. The first-order valence-corrected chi connectivity index (χ1v) is 12.3. The van der Waals surface area contributed by atoms with Gasteiger partial charge in [-0.05, 0) is 36.4 Å². The summed E-state index contributed by atoms with van der Waals surface area (Å²) in [6.45, 7) is 0. The minimum absolute atomic E-state index is 0.116. The van der Waals surface area contributed by atoms with Gasteiger partial charge in [0.05, 0.1) is 21.5 Å². The highest BCUT2D eigenvalue weighted by Gasteiger charge is 2.19. The number of hydrogen-bond acceptors (Lipinski definition) is 6. The molecular formula is C25H16FN5OS2. The minimum Gasteiger partial charge on any atom is -0.270 e. The van der Waals surface area contributed by atoms with E-state index in [1.54, 1.807) is 28.7 Å². The van der Waals surface area contributed by atoms with Crippen molar-refractivity contribution in [3.63, 3.8) is 0 Å². The SMILES string of the molecule is O=c1cc(CSc2nnc(-c3ccccc3F)n2-c2ccccc2)nc2sc3ccccc3n12. The highest BCUT2D eigenvalue weighted by molar-refractivity contribution is 7.98. The van der Waals surface area contributed by atoms with Gasteiger partial charge >= 0.3 is 0 Å². The highest BCUT2D eigenvalue weighted by atomic mass is 32.2. The van der Waals surface area contributed by atoms with Crippen LogP contribution in [-0.2, 0) is 5.75 Å². The molecule has 0 aliphatic carbocycles. The summed E-state index contributed by atoms with van der Waals surface area (Å²) in [6.07, 6.45) is 0. The van der Waals surface area contributed by atoms with Crippen LogP contribution in [-0.4, -0.2) is 24.1 Å². The van der Waals surface area contributed by atoms with Gasteiger partial charge in [-0.3, -0.25) is 13.8 Å². The summed E-state index contributed by atoms with van der Waals surface area (Å²) < 4.78 is 19.1. The number of thioether (sulfide) groups is 1. The quantitative estimate of drug-likeness (QED) is 0.298. The predicted octanol–water partition coefficient (Wildman–Crippen LogP) is 5.59. The molecule has 3 heterocycles. The zero-order valence-electron chi connectivity index (χ0n) is 17.6. The van der Waals surface area contributed by atoms with Gasteiger partial charge in [0.25, 0.3) is 5.56 Å². The van der Waals surface area contributed by atoms with E-state index in [0.29, 0.717) is 33.0 Å². The Morgan fingerprint density at radius 1 is 0.912 bits per heavy atom. The fraction of sp³-hybridized carbons (Fsp3) is 0.0400. The Kier molecular flexibility index (Phi) is 5.20. The molecule has 0 fully saturated rings. The van der Waals surface area contributed by atoms with Crippen molar-refractivity contribution in [2.75, 3.05) is 0 Å². The van der Waals surface area contributed by atoms with Gasteiger partial charge in [0, 0.05) is 17.5 Å². The molecular weight excluding hydrogens is 469 g/mol. The van der Waals surface area contributed by atoms with E-state index in [1.807, 2.05) is 59.2 Å². The van der Waals surface area contributed by atoms with Crippen molar-refractivity contribution in [1.29, 1.82) is 0 Å². The largest absolute Gasteiger partial charge is 0.270 e. The molecule has 0 amide bonds. The number of aromatic nitrogens is 5. The Labute approximate surface area is 201 Å². The number of halogens is 1. The average molecular weight is 486 g/mol. The van der Waals surface area contributed by atoms with E-state index >= 15 is 0 Å². The lowest BCUT2D eigenvalue weighted by Crippen LogP contribution is -2.13. The van der Waals surface area contributed by atoms with Gasteiger partial charge in [0.15, 0.2) is 15.9 Å². The molecule has 6 rings (SSSR count).